The van der Waals surface area contributed by atoms with Gasteiger partial charge in [-0.25, -0.2) is 0 Å². The average molecular weight is 293 g/mol. The van der Waals surface area contributed by atoms with E-state index in [1.54, 1.807) is 7.11 Å². The van der Waals surface area contributed by atoms with Crippen LogP contribution in [0.4, 0.5) is 0 Å². The zero-order valence-electron chi connectivity index (χ0n) is 13.3. The highest BCUT2D eigenvalue weighted by Gasteiger charge is 2.43. The van der Waals surface area contributed by atoms with Crippen molar-refractivity contribution in [1.82, 2.24) is 15.5 Å². The van der Waals surface area contributed by atoms with Gasteiger partial charge in [-0.3, -0.25) is 0 Å². The molecule has 1 aliphatic heterocycles. The Hall–Kier alpha value is -0.940. The Morgan fingerprint density at radius 3 is 2.48 bits per heavy atom. The normalized spacial score (nSPS) is 29.4. The maximum atomic E-state index is 5.88. The summed E-state index contributed by atoms with van der Waals surface area (Å²) in [5, 5.41) is 7.87. The molecule has 0 bridgehead atoms. The van der Waals surface area contributed by atoms with Crippen molar-refractivity contribution in [2.24, 2.45) is 0 Å². The zero-order valence-corrected chi connectivity index (χ0v) is 13.3. The third kappa shape index (κ3) is 2.61. The first-order valence-electron chi connectivity index (χ1n) is 8.39. The van der Waals surface area contributed by atoms with Crippen LogP contribution in [0.25, 0.3) is 0 Å². The summed E-state index contributed by atoms with van der Waals surface area (Å²) < 4.78 is 11.5. The van der Waals surface area contributed by atoms with Gasteiger partial charge in [-0.1, -0.05) is 37.8 Å². The fourth-order valence-corrected chi connectivity index (χ4v) is 3.86. The smallest absolute Gasteiger partial charge is 0.247 e. The SMILES string of the molecule is CCC1(c2nc(C3(OC)CCCCCC3)no2)CCCN1. The molecule has 118 valence electrons. The lowest BCUT2D eigenvalue weighted by atomic mass is 9.92. The Kier molecular flexibility index (Phi) is 4.31. The monoisotopic (exact) mass is 293 g/mol. The molecule has 1 atom stereocenters. The summed E-state index contributed by atoms with van der Waals surface area (Å²) in [4.78, 5) is 4.78. The lowest BCUT2D eigenvalue weighted by Crippen LogP contribution is -2.37. The first kappa shape index (κ1) is 15.0. The zero-order chi connectivity index (χ0) is 14.8. The van der Waals surface area contributed by atoms with Crippen LogP contribution in [0.2, 0.25) is 0 Å². The van der Waals surface area contributed by atoms with E-state index in [0.29, 0.717) is 0 Å². The van der Waals surface area contributed by atoms with Gasteiger partial charge in [0.15, 0.2) is 0 Å². The second kappa shape index (κ2) is 6.05. The average Bonchev–Trinajstić information content (AvgIpc) is 3.13. The molecule has 2 heterocycles. The van der Waals surface area contributed by atoms with Crippen molar-refractivity contribution in [3.8, 4) is 0 Å². The van der Waals surface area contributed by atoms with Gasteiger partial charge in [-0.15, -0.1) is 0 Å². The summed E-state index contributed by atoms with van der Waals surface area (Å²) in [7, 11) is 1.78. The van der Waals surface area contributed by atoms with E-state index in [1.165, 1.54) is 32.1 Å². The summed E-state index contributed by atoms with van der Waals surface area (Å²) in [6.07, 6.45) is 10.1. The number of ether oxygens (including phenoxy) is 1. The fraction of sp³-hybridized carbons (Fsp3) is 0.875. The van der Waals surface area contributed by atoms with Gasteiger partial charge in [0.05, 0.1) is 5.54 Å². The van der Waals surface area contributed by atoms with Crippen LogP contribution in [0.15, 0.2) is 4.52 Å². The molecule has 1 aromatic rings. The summed E-state index contributed by atoms with van der Waals surface area (Å²) in [6.45, 7) is 3.21. The molecule has 2 aliphatic rings. The Labute approximate surface area is 126 Å². The molecule has 0 aromatic carbocycles. The number of hydrogen-bond donors (Lipinski definition) is 1. The molecule has 5 heteroatoms. The predicted octanol–water partition coefficient (Wildman–Crippen LogP) is 3.25. The second-order valence-corrected chi connectivity index (χ2v) is 6.50. The summed E-state index contributed by atoms with van der Waals surface area (Å²) in [5.74, 6) is 1.50. The number of hydrogen-bond acceptors (Lipinski definition) is 5. The largest absolute Gasteiger partial charge is 0.370 e. The van der Waals surface area contributed by atoms with Crippen LogP contribution in [-0.2, 0) is 15.9 Å². The topological polar surface area (TPSA) is 60.2 Å². The van der Waals surface area contributed by atoms with Crippen molar-refractivity contribution in [2.75, 3.05) is 13.7 Å². The Bertz CT molecular complexity index is 458. The van der Waals surface area contributed by atoms with Crippen molar-refractivity contribution in [1.29, 1.82) is 0 Å². The van der Waals surface area contributed by atoms with E-state index in [9.17, 15) is 0 Å². The maximum Gasteiger partial charge on any atom is 0.247 e. The standard InChI is InChI=1S/C16H27N3O2/c1-3-15(9-8-12-17-15)14-18-13(19-21-14)16(20-2)10-6-4-5-7-11-16/h17H,3-12H2,1-2H3. The minimum atomic E-state index is -0.341. The van der Waals surface area contributed by atoms with Crippen LogP contribution in [0.3, 0.4) is 0 Å². The van der Waals surface area contributed by atoms with Gasteiger partial charge in [0.25, 0.3) is 0 Å². The number of nitrogens with one attached hydrogen (secondary N) is 1. The Morgan fingerprint density at radius 2 is 1.90 bits per heavy atom. The first-order chi connectivity index (χ1) is 10.2. The van der Waals surface area contributed by atoms with E-state index in [-0.39, 0.29) is 11.1 Å². The van der Waals surface area contributed by atoms with E-state index in [4.69, 9.17) is 14.2 Å². The van der Waals surface area contributed by atoms with Crippen LogP contribution in [0.5, 0.6) is 0 Å². The summed E-state index contributed by atoms with van der Waals surface area (Å²) >= 11 is 0. The van der Waals surface area contributed by atoms with Crippen molar-refractivity contribution < 1.29 is 9.26 Å². The molecule has 1 saturated carbocycles. The van der Waals surface area contributed by atoms with Crippen molar-refractivity contribution in [3.05, 3.63) is 11.7 Å². The third-order valence-corrected chi connectivity index (χ3v) is 5.39. The second-order valence-electron chi connectivity index (χ2n) is 6.50. The number of methoxy groups -OCH3 is 1. The van der Waals surface area contributed by atoms with Gasteiger partial charge in [-0.2, -0.15) is 4.98 Å². The van der Waals surface area contributed by atoms with E-state index >= 15 is 0 Å². The molecule has 1 N–H and O–H groups in total. The highest BCUT2D eigenvalue weighted by Crippen LogP contribution is 2.39. The minimum Gasteiger partial charge on any atom is -0.370 e. The molecule has 5 nitrogen and oxygen atoms in total. The lowest BCUT2D eigenvalue weighted by molar-refractivity contribution is -0.0365. The van der Waals surface area contributed by atoms with E-state index < -0.39 is 0 Å². The quantitative estimate of drug-likeness (QED) is 0.863. The molecular formula is C16H27N3O2. The molecule has 1 aromatic heterocycles. The van der Waals surface area contributed by atoms with Gasteiger partial charge >= 0.3 is 0 Å². The molecule has 2 fully saturated rings. The van der Waals surface area contributed by atoms with Gasteiger partial charge in [0, 0.05) is 7.11 Å². The molecular weight excluding hydrogens is 266 g/mol. The van der Waals surface area contributed by atoms with E-state index in [2.05, 4.69) is 17.4 Å². The highest BCUT2D eigenvalue weighted by atomic mass is 16.5. The number of rotatable bonds is 4. The van der Waals surface area contributed by atoms with E-state index in [0.717, 1.165) is 43.9 Å². The molecule has 3 rings (SSSR count). The van der Waals surface area contributed by atoms with Gasteiger partial charge in [-0.05, 0) is 38.6 Å². The first-order valence-corrected chi connectivity index (χ1v) is 8.39. The Morgan fingerprint density at radius 1 is 1.14 bits per heavy atom. The molecule has 1 aliphatic carbocycles. The molecule has 0 amide bonds. The molecule has 0 radical (unpaired) electrons. The molecule has 21 heavy (non-hydrogen) atoms. The minimum absolute atomic E-state index is 0.120. The van der Waals surface area contributed by atoms with Crippen LogP contribution in [-0.4, -0.2) is 23.8 Å². The predicted molar refractivity (Wildman–Crippen MR) is 79.9 cm³/mol. The van der Waals surface area contributed by atoms with E-state index in [1.807, 2.05) is 0 Å². The number of aromatic nitrogens is 2. The van der Waals surface area contributed by atoms with Crippen molar-refractivity contribution in [3.63, 3.8) is 0 Å². The van der Waals surface area contributed by atoms with Crippen molar-refractivity contribution >= 4 is 0 Å². The van der Waals surface area contributed by atoms with Gasteiger partial charge in [0.2, 0.25) is 11.7 Å². The fourth-order valence-electron chi connectivity index (χ4n) is 3.86. The van der Waals surface area contributed by atoms with Gasteiger partial charge < -0.3 is 14.6 Å². The molecule has 0 spiro atoms. The number of nitrogens with zero attached hydrogens (tertiary/aromatic N) is 2. The summed E-state index contributed by atoms with van der Waals surface area (Å²) in [5.41, 5.74) is -0.462. The van der Waals surface area contributed by atoms with Crippen LogP contribution >= 0.6 is 0 Å². The molecule has 1 unspecified atom stereocenters. The van der Waals surface area contributed by atoms with Crippen LogP contribution < -0.4 is 5.32 Å². The lowest BCUT2D eigenvalue weighted by Gasteiger charge is -2.28. The maximum absolute atomic E-state index is 5.88. The van der Waals surface area contributed by atoms with Crippen molar-refractivity contribution in [2.45, 2.75) is 75.9 Å². The Balaban J connectivity index is 1.89. The highest BCUT2D eigenvalue weighted by molar-refractivity contribution is 5.10. The molecule has 1 saturated heterocycles. The van der Waals surface area contributed by atoms with Crippen LogP contribution in [0.1, 0.15) is 76.4 Å². The van der Waals surface area contributed by atoms with Crippen LogP contribution in [0, 0.1) is 0 Å². The third-order valence-electron chi connectivity index (χ3n) is 5.39. The van der Waals surface area contributed by atoms with Gasteiger partial charge in [0.1, 0.15) is 5.60 Å². The summed E-state index contributed by atoms with van der Waals surface area (Å²) in [6, 6.07) is 0.